The quantitative estimate of drug-likeness (QED) is 0.707. The zero-order chi connectivity index (χ0) is 7.11. The largest absolute Gasteiger partial charge is 0.400 e. The van der Waals surface area contributed by atoms with Gasteiger partial charge >= 0.3 is 0 Å². The maximum atomic E-state index is 7.00. The molecule has 0 amide bonds. The summed E-state index contributed by atoms with van der Waals surface area (Å²) in [4.78, 5) is 3.98. The number of rotatable bonds is 0. The van der Waals surface area contributed by atoms with Gasteiger partial charge < -0.3 is 5.11 Å². The summed E-state index contributed by atoms with van der Waals surface area (Å²) in [7, 11) is 1.00. The number of aromatic nitrogens is 1. The van der Waals surface area contributed by atoms with Gasteiger partial charge in [-0.2, -0.15) is 0 Å². The maximum Gasteiger partial charge on any atom is 0.0372 e. The van der Waals surface area contributed by atoms with Crippen molar-refractivity contribution in [3.05, 3.63) is 30.1 Å². The van der Waals surface area contributed by atoms with Gasteiger partial charge in [0.1, 0.15) is 0 Å². The Morgan fingerprint density at radius 1 is 1.40 bits per heavy atom. The van der Waals surface area contributed by atoms with Crippen LogP contribution in [0, 0.1) is 6.92 Å². The molecular weight excluding hydrogens is 203 g/mol. The Balaban J connectivity index is -0.000000149. The van der Waals surface area contributed by atoms with Crippen molar-refractivity contribution < 1.29 is 39.2 Å². The third kappa shape index (κ3) is 6.34. The summed E-state index contributed by atoms with van der Waals surface area (Å²) >= 11 is 0. The molecule has 1 N–H and O–H groups in total. The number of pyridine rings is 1. The molecule has 0 fully saturated rings. The third-order valence-corrected chi connectivity index (χ3v) is 0.813. The average Bonchev–Trinajstić information content (AvgIpc) is 1.94. The van der Waals surface area contributed by atoms with Crippen molar-refractivity contribution in [2.45, 2.75) is 6.92 Å². The van der Waals surface area contributed by atoms with Crippen molar-refractivity contribution in [1.29, 1.82) is 0 Å². The van der Waals surface area contributed by atoms with E-state index in [-0.39, 0.29) is 34.1 Å². The summed E-state index contributed by atoms with van der Waals surface area (Å²) in [6, 6.07) is 5.86. The van der Waals surface area contributed by atoms with Crippen LogP contribution < -0.4 is 0 Å². The van der Waals surface area contributed by atoms with Crippen LogP contribution >= 0.6 is 0 Å². The van der Waals surface area contributed by atoms with Crippen molar-refractivity contribution in [2.24, 2.45) is 0 Å². The number of aliphatic hydroxyl groups excluding tert-OH is 1. The fourth-order valence-electron chi connectivity index (χ4n) is 0.448. The molecule has 0 saturated heterocycles. The maximum absolute atomic E-state index is 7.00. The van der Waals surface area contributed by atoms with E-state index in [9.17, 15) is 0 Å². The minimum atomic E-state index is 0. The summed E-state index contributed by atoms with van der Waals surface area (Å²) in [6.07, 6.45) is 1.79. The van der Waals surface area contributed by atoms with Gasteiger partial charge in [0.05, 0.1) is 0 Å². The Bertz CT molecular complexity index is 148. The van der Waals surface area contributed by atoms with Crippen LogP contribution in [0.15, 0.2) is 24.4 Å². The number of hydrogen-bond donors (Lipinski definition) is 1. The molecule has 1 aromatic rings. The Kier molecular flexibility index (Phi) is 11.8. The molecule has 55 valence electrons. The van der Waals surface area contributed by atoms with E-state index >= 15 is 0 Å². The first-order valence-electron chi connectivity index (χ1n) is 2.72. The monoisotopic (exact) mass is 216 g/mol. The van der Waals surface area contributed by atoms with Crippen molar-refractivity contribution in [3.63, 3.8) is 0 Å². The van der Waals surface area contributed by atoms with Crippen LogP contribution in [0.25, 0.3) is 0 Å². The Morgan fingerprint density at radius 2 is 2.00 bits per heavy atom. The fraction of sp³-hybridized carbons (Fsp3) is 0.286. The van der Waals surface area contributed by atoms with Crippen LogP contribution in [0.2, 0.25) is 0 Å². The molecule has 1 aromatic heterocycles. The van der Waals surface area contributed by atoms with Gasteiger partial charge in [0, 0.05) is 53.1 Å². The zero-order valence-corrected chi connectivity index (χ0v) is 9.12. The fourth-order valence-corrected chi connectivity index (χ4v) is 0.448. The van der Waals surface area contributed by atoms with Crippen molar-refractivity contribution in [3.8, 4) is 0 Å². The van der Waals surface area contributed by atoms with Crippen molar-refractivity contribution in [1.82, 2.24) is 4.98 Å². The topological polar surface area (TPSA) is 33.1 Å². The van der Waals surface area contributed by atoms with Gasteiger partial charge in [0.15, 0.2) is 0 Å². The number of aryl methyl sites for hydroxylation is 1. The predicted molar refractivity (Wildman–Crippen MR) is 39.2 cm³/mol. The molecule has 2 nitrogen and oxygen atoms in total. The smallest absolute Gasteiger partial charge is 0.0372 e. The van der Waals surface area contributed by atoms with E-state index in [2.05, 4.69) is 4.98 Å². The SMILES string of the molecule is CO.Cc1ccccn1.[HH].[Y]. The molecule has 0 aliphatic carbocycles. The predicted octanol–water partition coefficient (Wildman–Crippen LogP) is 1.24. The number of nitrogens with zero attached hydrogens (tertiary/aromatic N) is 1. The second-order valence-corrected chi connectivity index (χ2v) is 1.47. The second kappa shape index (κ2) is 9.21. The van der Waals surface area contributed by atoms with Gasteiger partial charge in [0.2, 0.25) is 0 Å². The molecule has 1 heterocycles. The molecule has 1 rings (SSSR count). The summed E-state index contributed by atoms with van der Waals surface area (Å²) in [5.74, 6) is 0. The van der Waals surface area contributed by atoms with E-state index in [1.807, 2.05) is 25.1 Å². The Labute approximate surface area is 88.0 Å². The van der Waals surface area contributed by atoms with Gasteiger partial charge in [0.25, 0.3) is 0 Å². The molecule has 0 saturated carbocycles. The Morgan fingerprint density at radius 3 is 2.20 bits per heavy atom. The van der Waals surface area contributed by atoms with Crippen LogP contribution in [0.3, 0.4) is 0 Å². The summed E-state index contributed by atoms with van der Waals surface area (Å²) in [5, 5.41) is 7.00. The number of aliphatic hydroxyl groups is 1. The van der Waals surface area contributed by atoms with Gasteiger partial charge in [-0.25, -0.2) is 0 Å². The Hall–Kier alpha value is 0.214. The van der Waals surface area contributed by atoms with E-state index in [0.717, 1.165) is 12.8 Å². The van der Waals surface area contributed by atoms with E-state index < -0.39 is 0 Å². The molecule has 0 spiro atoms. The number of hydrogen-bond acceptors (Lipinski definition) is 2. The van der Waals surface area contributed by atoms with E-state index in [0.29, 0.717) is 0 Å². The minimum Gasteiger partial charge on any atom is -0.400 e. The van der Waals surface area contributed by atoms with Gasteiger partial charge in [-0.3, -0.25) is 4.98 Å². The standard InChI is InChI=1S/C6H7N.CH4O.Y.H2/c1-6-4-2-3-5-7-6;1-2;;/h2-5H,1H3;2H,1H3;;1H. The van der Waals surface area contributed by atoms with Crippen molar-refractivity contribution >= 4 is 0 Å². The molecule has 0 aliphatic heterocycles. The van der Waals surface area contributed by atoms with Crippen molar-refractivity contribution in [2.75, 3.05) is 7.11 Å². The normalized spacial score (nSPS) is 6.70. The molecular formula is C7H13NOY. The molecule has 3 heteroatoms. The van der Waals surface area contributed by atoms with E-state index in [1.54, 1.807) is 6.20 Å². The molecule has 0 bridgehead atoms. The summed E-state index contributed by atoms with van der Waals surface area (Å²) in [6.45, 7) is 1.97. The molecule has 10 heavy (non-hydrogen) atoms. The summed E-state index contributed by atoms with van der Waals surface area (Å²) < 4.78 is 0. The van der Waals surface area contributed by atoms with Gasteiger partial charge in [-0.15, -0.1) is 0 Å². The summed E-state index contributed by atoms with van der Waals surface area (Å²) in [5.41, 5.74) is 1.07. The molecule has 0 atom stereocenters. The van der Waals surface area contributed by atoms with Gasteiger partial charge in [-0.05, 0) is 19.1 Å². The van der Waals surface area contributed by atoms with Crippen LogP contribution in [0.1, 0.15) is 7.12 Å². The molecule has 1 radical (unpaired) electrons. The van der Waals surface area contributed by atoms with Crippen LogP contribution in [0.5, 0.6) is 0 Å². The first-order chi connectivity index (χ1) is 4.39. The van der Waals surface area contributed by atoms with Gasteiger partial charge in [-0.1, -0.05) is 6.07 Å². The van der Waals surface area contributed by atoms with Crippen LogP contribution in [0.4, 0.5) is 0 Å². The van der Waals surface area contributed by atoms with Crippen LogP contribution in [-0.2, 0) is 32.7 Å². The van der Waals surface area contributed by atoms with E-state index in [4.69, 9.17) is 5.11 Å². The van der Waals surface area contributed by atoms with E-state index in [1.165, 1.54) is 0 Å². The molecule has 0 aromatic carbocycles. The first kappa shape index (κ1) is 12.9. The molecule has 0 aliphatic rings. The third-order valence-electron chi connectivity index (χ3n) is 0.813. The zero-order valence-electron chi connectivity index (χ0n) is 6.28. The average molecular weight is 216 g/mol. The molecule has 0 unspecified atom stereocenters. The minimum absolute atomic E-state index is 0. The van der Waals surface area contributed by atoms with Crippen LogP contribution in [-0.4, -0.2) is 17.2 Å². The first-order valence-corrected chi connectivity index (χ1v) is 2.72. The second-order valence-electron chi connectivity index (χ2n) is 1.47.